The SMILES string of the molecule is CC.CC(=O)Nc1ccc(-c2ccnc(C)c2/C=C(\C)CN2CCC(c3ccc(C(=O)N(C)C)cc3)CC2)cn1. The summed E-state index contributed by atoms with van der Waals surface area (Å²) >= 11 is 0. The number of hydrogen-bond acceptors (Lipinski definition) is 5. The Bertz CT molecular complexity index is 1310. The monoisotopic (exact) mass is 541 g/mol. The highest BCUT2D eigenvalue weighted by Crippen LogP contribution is 2.30. The van der Waals surface area contributed by atoms with Crippen LogP contribution >= 0.6 is 0 Å². The van der Waals surface area contributed by atoms with Gasteiger partial charge in [0.25, 0.3) is 5.91 Å². The predicted octanol–water partition coefficient (Wildman–Crippen LogP) is 6.42. The van der Waals surface area contributed by atoms with E-state index in [-0.39, 0.29) is 11.8 Å². The van der Waals surface area contributed by atoms with E-state index in [0.29, 0.717) is 11.7 Å². The van der Waals surface area contributed by atoms with Gasteiger partial charge < -0.3 is 10.2 Å². The van der Waals surface area contributed by atoms with Gasteiger partial charge in [0.1, 0.15) is 5.82 Å². The van der Waals surface area contributed by atoms with Crippen molar-refractivity contribution >= 4 is 23.7 Å². The number of carbonyl (C=O) groups excluding carboxylic acids is 2. The van der Waals surface area contributed by atoms with Crippen LogP contribution in [-0.2, 0) is 4.79 Å². The number of likely N-dealkylation sites (tertiary alicyclic amines) is 1. The molecule has 1 N–H and O–H groups in total. The lowest BCUT2D eigenvalue weighted by molar-refractivity contribution is -0.114. The first kappa shape index (κ1) is 30.7. The highest BCUT2D eigenvalue weighted by Gasteiger charge is 2.21. The van der Waals surface area contributed by atoms with Crippen LogP contribution in [0.2, 0.25) is 0 Å². The van der Waals surface area contributed by atoms with E-state index >= 15 is 0 Å². The van der Waals surface area contributed by atoms with E-state index in [1.54, 1.807) is 25.2 Å². The van der Waals surface area contributed by atoms with Crippen LogP contribution in [0.25, 0.3) is 17.2 Å². The van der Waals surface area contributed by atoms with E-state index < -0.39 is 0 Å². The molecule has 212 valence electrons. The topological polar surface area (TPSA) is 78.4 Å². The van der Waals surface area contributed by atoms with Gasteiger partial charge in [0.2, 0.25) is 5.91 Å². The molecule has 0 spiro atoms. The van der Waals surface area contributed by atoms with Gasteiger partial charge in [-0.05, 0) is 87.2 Å². The quantitative estimate of drug-likeness (QED) is 0.373. The molecule has 1 fully saturated rings. The second-order valence-electron chi connectivity index (χ2n) is 10.3. The van der Waals surface area contributed by atoms with Crippen molar-refractivity contribution in [2.45, 2.75) is 53.4 Å². The highest BCUT2D eigenvalue weighted by atomic mass is 16.2. The maximum atomic E-state index is 12.2. The molecule has 0 unspecified atom stereocenters. The van der Waals surface area contributed by atoms with Crippen LogP contribution in [0.1, 0.15) is 73.6 Å². The van der Waals surface area contributed by atoms with Gasteiger partial charge in [0.05, 0.1) is 0 Å². The number of benzene rings is 1. The Morgan fingerprint density at radius 1 is 1.00 bits per heavy atom. The fourth-order valence-electron chi connectivity index (χ4n) is 5.04. The Balaban J connectivity index is 0.00000216. The number of amides is 2. The lowest BCUT2D eigenvalue weighted by atomic mass is 9.88. The molecule has 4 rings (SSSR count). The Kier molecular flexibility index (Phi) is 11.1. The molecule has 7 nitrogen and oxygen atoms in total. The zero-order chi connectivity index (χ0) is 29.2. The number of anilines is 1. The molecule has 2 aromatic heterocycles. The third-order valence-corrected chi connectivity index (χ3v) is 7.05. The Hall–Kier alpha value is -3.84. The summed E-state index contributed by atoms with van der Waals surface area (Å²) in [5.74, 6) is 0.975. The molecule has 7 heteroatoms. The van der Waals surface area contributed by atoms with Crippen molar-refractivity contribution in [1.29, 1.82) is 0 Å². The van der Waals surface area contributed by atoms with Gasteiger partial charge in [-0.1, -0.05) is 37.6 Å². The lowest BCUT2D eigenvalue weighted by Gasteiger charge is -2.32. The summed E-state index contributed by atoms with van der Waals surface area (Å²) in [7, 11) is 3.56. The fraction of sp³-hybridized carbons (Fsp3) is 0.394. The number of pyridine rings is 2. The van der Waals surface area contributed by atoms with E-state index in [1.165, 1.54) is 18.1 Å². The van der Waals surface area contributed by atoms with Gasteiger partial charge >= 0.3 is 0 Å². The molecular formula is C33H43N5O2. The van der Waals surface area contributed by atoms with Crippen molar-refractivity contribution in [1.82, 2.24) is 19.8 Å². The average molecular weight is 542 g/mol. The Morgan fingerprint density at radius 2 is 1.68 bits per heavy atom. The van der Waals surface area contributed by atoms with Crippen LogP contribution in [0.5, 0.6) is 0 Å². The standard InChI is InChI=1S/C31H37N5O2.C2H6/c1-21(18-29-22(2)32-15-12-28(29)27-10-11-30(33-19-27)34-23(3)37)20-36-16-13-25(14-17-36)24-6-8-26(9-7-24)31(38)35(4)5;1-2/h6-12,15,18-19,25H,13-14,16-17,20H2,1-5H3,(H,33,34,37);1-2H3/b21-18+;. The minimum Gasteiger partial charge on any atom is -0.345 e. The lowest BCUT2D eigenvalue weighted by Crippen LogP contribution is -2.34. The Labute approximate surface area is 239 Å². The molecule has 0 aliphatic carbocycles. The largest absolute Gasteiger partial charge is 0.345 e. The van der Waals surface area contributed by atoms with Crippen molar-refractivity contribution in [3.05, 3.63) is 82.8 Å². The van der Waals surface area contributed by atoms with Crippen molar-refractivity contribution in [3.63, 3.8) is 0 Å². The van der Waals surface area contributed by atoms with Crippen LogP contribution in [0, 0.1) is 6.92 Å². The molecule has 2 amide bonds. The number of nitrogens with one attached hydrogen (secondary N) is 1. The zero-order valence-corrected chi connectivity index (χ0v) is 25.0. The summed E-state index contributed by atoms with van der Waals surface area (Å²) < 4.78 is 0. The molecular weight excluding hydrogens is 498 g/mol. The summed E-state index contributed by atoms with van der Waals surface area (Å²) in [5.41, 5.74) is 7.48. The number of aromatic nitrogens is 2. The number of nitrogens with zero attached hydrogens (tertiary/aromatic N) is 4. The maximum Gasteiger partial charge on any atom is 0.253 e. The van der Waals surface area contributed by atoms with Gasteiger partial charge in [0, 0.05) is 62.3 Å². The smallest absolute Gasteiger partial charge is 0.253 e. The van der Waals surface area contributed by atoms with Crippen molar-refractivity contribution in [3.8, 4) is 11.1 Å². The fourth-order valence-corrected chi connectivity index (χ4v) is 5.04. The first-order valence-electron chi connectivity index (χ1n) is 14.1. The van der Waals surface area contributed by atoms with E-state index in [9.17, 15) is 9.59 Å². The van der Waals surface area contributed by atoms with Crippen LogP contribution in [0.15, 0.2) is 60.4 Å². The number of piperidine rings is 1. The maximum absolute atomic E-state index is 12.2. The average Bonchev–Trinajstić information content (AvgIpc) is 2.95. The Morgan fingerprint density at radius 3 is 2.25 bits per heavy atom. The number of hydrogen-bond donors (Lipinski definition) is 1. The molecule has 0 atom stereocenters. The predicted molar refractivity (Wildman–Crippen MR) is 164 cm³/mol. The van der Waals surface area contributed by atoms with Crippen molar-refractivity contribution in [2.24, 2.45) is 0 Å². The first-order chi connectivity index (χ1) is 19.2. The molecule has 0 saturated carbocycles. The van der Waals surface area contributed by atoms with Gasteiger partial charge in [-0.15, -0.1) is 0 Å². The van der Waals surface area contributed by atoms with E-state index in [0.717, 1.165) is 60.4 Å². The van der Waals surface area contributed by atoms with E-state index in [1.807, 2.05) is 57.3 Å². The molecule has 1 saturated heterocycles. The highest BCUT2D eigenvalue weighted by molar-refractivity contribution is 5.93. The second kappa shape index (κ2) is 14.5. The van der Waals surface area contributed by atoms with Crippen LogP contribution in [0.4, 0.5) is 5.82 Å². The third-order valence-electron chi connectivity index (χ3n) is 7.05. The van der Waals surface area contributed by atoms with Gasteiger partial charge in [0.15, 0.2) is 0 Å². The summed E-state index contributed by atoms with van der Waals surface area (Å²) in [6.45, 7) is 12.7. The van der Waals surface area contributed by atoms with Crippen LogP contribution in [-0.4, -0.2) is 65.3 Å². The summed E-state index contributed by atoms with van der Waals surface area (Å²) in [6.07, 6.45) is 8.08. The van der Waals surface area contributed by atoms with Gasteiger partial charge in [-0.2, -0.15) is 0 Å². The minimum atomic E-state index is -0.136. The van der Waals surface area contributed by atoms with Gasteiger partial charge in [-0.3, -0.25) is 19.5 Å². The molecule has 1 aliphatic rings. The summed E-state index contributed by atoms with van der Waals surface area (Å²) in [5, 5.41) is 2.72. The molecule has 0 bridgehead atoms. The second-order valence-corrected chi connectivity index (χ2v) is 10.3. The number of aryl methyl sites for hydroxylation is 1. The normalized spacial score (nSPS) is 14.2. The van der Waals surface area contributed by atoms with Crippen molar-refractivity contribution in [2.75, 3.05) is 39.0 Å². The zero-order valence-electron chi connectivity index (χ0n) is 25.0. The van der Waals surface area contributed by atoms with Crippen molar-refractivity contribution < 1.29 is 9.59 Å². The third kappa shape index (κ3) is 8.09. The first-order valence-corrected chi connectivity index (χ1v) is 14.1. The molecule has 3 heterocycles. The molecule has 0 radical (unpaired) electrons. The molecule has 3 aromatic rings. The molecule has 1 aliphatic heterocycles. The molecule has 40 heavy (non-hydrogen) atoms. The minimum absolute atomic E-state index is 0.0407. The number of rotatable bonds is 7. The van der Waals surface area contributed by atoms with E-state index in [4.69, 9.17) is 0 Å². The number of carbonyl (C=O) groups is 2. The summed E-state index contributed by atoms with van der Waals surface area (Å²) in [4.78, 5) is 36.5. The van der Waals surface area contributed by atoms with Crippen LogP contribution < -0.4 is 5.32 Å². The van der Waals surface area contributed by atoms with Gasteiger partial charge in [-0.25, -0.2) is 4.98 Å². The van der Waals surface area contributed by atoms with Crippen LogP contribution in [0.3, 0.4) is 0 Å². The summed E-state index contributed by atoms with van der Waals surface area (Å²) in [6, 6.07) is 14.0. The van der Waals surface area contributed by atoms with E-state index in [2.05, 4.69) is 45.3 Å². The molecule has 1 aromatic carbocycles.